The van der Waals surface area contributed by atoms with Crippen molar-refractivity contribution in [2.24, 2.45) is 0 Å². The van der Waals surface area contributed by atoms with Crippen LogP contribution < -0.4 is 0 Å². The Kier molecular flexibility index (Phi) is 4.95. The maximum atomic E-state index is 11.1. The van der Waals surface area contributed by atoms with E-state index in [1.807, 2.05) is 6.92 Å². The molecule has 92 valence electrons. The second-order valence-electron chi connectivity index (χ2n) is 4.38. The summed E-state index contributed by atoms with van der Waals surface area (Å²) < 4.78 is 4.61. The standard InChI is InChI=1S/C15H20O2/c1-11(10-15(16)17-4)8-9-14-12(2)6-5-7-13(14)3/h5-7,10H,8-9H2,1-4H3/b11-10+. The first-order chi connectivity index (χ1) is 8.04. The van der Waals surface area contributed by atoms with Gasteiger partial charge < -0.3 is 4.74 Å². The van der Waals surface area contributed by atoms with Crippen molar-refractivity contribution in [3.63, 3.8) is 0 Å². The van der Waals surface area contributed by atoms with Crippen molar-refractivity contribution >= 4 is 5.97 Å². The van der Waals surface area contributed by atoms with E-state index in [1.54, 1.807) is 6.08 Å². The third kappa shape index (κ3) is 4.06. The van der Waals surface area contributed by atoms with Gasteiger partial charge in [-0.05, 0) is 50.3 Å². The van der Waals surface area contributed by atoms with Crippen LogP contribution in [0.2, 0.25) is 0 Å². The average Bonchev–Trinajstić information content (AvgIpc) is 2.28. The smallest absolute Gasteiger partial charge is 0.330 e. The number of methoxy groups -OCH3 is 1. The fourth-order valence-electron chi connectivity index (χ4n) is 1.90. The van der Waals surface area contributed by atoms with Crippen molar-refractivity contribution in [3.8, 4) is 0 Å². The van der Waals surface area contributed by atoms with Crippen LogP contribution in [0.1, 0.15) is 30.0 Å². The molecule has 0 saturated heterocycles. The Morgan fingerprint density at radius 2 is 1.88 bits per heavy atom. The van der Waals surface area contributed by atoms with Crippen molar-refractivity contribution in [2.75, 3.05) is 7.11 Å². The fraction of sp³-hybridized carbons (Fsp3) is 0.400. The first kappa shape index (κ1) is 13.5. The number of hydrogen-bond acceptors (Lipinski definition) is 2. The Bertz CT molecular complexity index is 410. The van der Waals surface area contributed by atoms with Gasteiger partial charge in [0.2, 0.25) is 0 Å². The summed E-state index contributed by atoms with van der Waals surface area (Å²) in [5, 5.41) is 0. The number of allylic oxidation sites excluding steroid dienone is 1. The Labute approximate surface area is 103 Å². The predicted molar refractivity (Wildman–Crippen MR) is 70.0 cm³/mol. The molecule has 2 heteroatoms. The maximum Gasteiger partial charge on any atom is 0.330 e. The lowest BCUT2D eigenvalue weighted by molar-refractivity contribution is -0.134. The number of carbonyl (C=O) groups is 1. The predicted octanol–water partition coefficient (Wildman–Crippen LogP) is 3.36. The summed E-state index contributed by atoms with van der Waals surface area (Å²) in [6.07, 6.45) is 3.42. The Morgan fingerprint density at radius 3 is 2.41 bits per heavy atom. The molecule has 0 aliphatic rings. The summed E-state index contributed by atoms with van der Waals surface area (Å²) in [4.78, 5) is 11.1. The minimum atomic E-state index is -0.274. The molecule has 0 radical (unpaired) electrons. The first-order valence-electron chi connectivity index (χ1n) is 5.84. The van der Waals surface area contributed by atoms with E-state index in [9.17, 15) is 4.79 Å². The summed E-state index contributed by atoms with van der Waals surface area (Å²) >= 11 is 0. The van der Waals surface area contributed by atoms with Crippen LogP contribution in [-0.4, -0.2) is 13.1 Å². The average molecular weight is 232 g/mol. The summed E-state index contributed by atoms with van der Waals surface area (Å²) in [7, 11) is 1.40. The van der Waals surface area contributed by atoms with Crippen LogP contribution in [-0.2, 0) is 16.0 Å². The lowest BCUT2D eigenvalue weighted by atomic mass is 9.97. The first-order valence-corrected chi connectivity index (χ1v) is 5.84. The molecule has 0 bridgehead atoms. The molecule has 0 heterocycles. The lowest BCUT2D eigenvalue weighted by Crippen LogP contribution is -1.98. The van der Waals surface area contributed by atoms with Gasteiger partial charge in [-0.3, -0.25) is 0 Å². The van der Waals surface area contributed by atoms with Gasteiger partial charge in [0.25, 0.3) is 0 Å². The van der Waals surface area contributed by atoms with E-state index >= 15 is 0 Å². The molecular formula is C15H20O2. The minimum absolute atomic E-state index is 0.274. The molecule has 0 fully saturated rings. The Morgan fingerprint density at radius 1 is 1.29 bits per heavy atom. The van der Waals surface area contributed by atoms with Crippen LogP contribution in [0.5, 0.6) is 0 Å². The number of carbonyl (C=O) groups excluding carboxylic acids is 1. The van der Waals surface area contributed by atoms with Gasteiger partial charge >= 0.3 is 5.97 Å². The molecule has 2 nitrogen and oxygen atoms in total. The highest BCUT2D eigenvalue weighted by Gasteiger charge is 2.03. The van der Waals surface area contributed by atoms with Crippen LogP contribution >= 0.6 is 0 Å². The highest BCUT2D eigenvalue weighted by atomic mass is 16.5. The SMILES string of the molecule is COC(=O)/C=C(\C)CCc1c(C)cccc1C. The topological polar surface area (TPSA) is 26.3 Å². The van der Waals surface area contributed by atoms with Gasteiger partial charge in [0, 0.05) is 6.08 Å². The van der Waals surface area contributed by atoms with Crippen molar-refractivity contribution in [1.82, 2.24) is 0 Å². The number of esters is 1. The maximum absolute atomic E-state index is 11.1. The number of benzene rings is 1. The van der Waals surface area contributed by atoms with Crippen molar-refractivity contribution in [1.29, 1.82) is 0 Å². The third-order valence-corrected chi connectivity index (χ3v) is 2.98. The van der Waals surface area contributed by atoms with Crippen LogP contribution in [0.15, 0.2) is 29.8 Å². The summed E-state index contributed by atoms with van der Waals surface area (Å²) in [6.45, 7) is 6.22. The van der Waals surface area contributed by atoms with Crippen LogP contribution in [0.25, 0.3) is 0 Å². The Hall–Kier alpha value is -1.57. The van der Waals surface area contributed by atoms with E-state index in [0.717, 1.165) is 18.4 Å². The number of hydrogen-bond donors (Lipinski definition) is 0. The monoisotopic (exact) mass is 232 g/mol. The van der Waals surface area contributed by atoms with Gasteiger partial charge in [0.15, 0.2) is 0 Å². The van der Waals surface area contributed by atoms with Gasteiger partial charge in [-0.25, -0.2) is 4.79 Å². The largest absolute Gasteiger partial charge is 0.466 e. The number of ether oxygens (including phenoxy) is 1. The van der Waals surface area contributed by atoms with E-state index in [2.05, 4.69) is 36.8 Å². The molecular weight excluding hydrogens is 212 g/mol. The van der Waals surface area contributed by atoms with Gasteiger partial charge in [-0.1, -0.05) is 23.8 Å². The van der Waals surface area contributed by atoms with E-state index in [-0.39, 0.29) is 5.97 Å². The fourth-order valence-corrected chi connectivity index (χ4v) is 1.90. The van der Waals surface area contributed by atoms with E-state index in [1.165, 1.54) is 23.8 Å². The molecule has 0 amide bonds. The van der Waals surface area contributed by atoms with Crippen LogP contribution in [0, 0.1) is 13.8 Å². The van der Waals surface area contributed by atoms with Crippen LogP contribution in [0.3, 0.4) is 0 Å². The number of rotatable bonds is 4. The summed E-state index contributed by atoms with van der Waals surface area (Å²) in [5.41, 5.74) is 5.07. The molecule has 0 atom stereocenters. The Balaban J connectivity index is 2.68. The van der Waals surface area contributed by atoms with Crippen LogP contribution in [0.4, 0.5) is 0 Å². The summed E-state index contributed by atoms with van der Waals surface area (Å²) in [5.74, 6) is -0.274. The zero-order valence-corrected chi connectivity index (χ0v) is 11.0. The normalized spacial score (nSPS) is 11.4. The summed E-state index contributed by atoms with van der Waals surface area (Å²) in [6, 6.07) is 6.33. The molecule has 0 unspecified atom stereocenters. The highest BCUT2D eigenvalue weighted by Crippen LogP contribution is 2.17. The molecule has 0 aliphatic heterocycles. The second-order valence-corrected chi connectivity index (χ2v) is 4.38. The molecule has 1 rings (SSSR count). The van der Waals surface area contributed by atoms with E-state index in [4.69, 9.17) is 0 Å². The van der Waals surface area contributed by atoms with Gasteiger partial charge in [-0.2, -0.15) is 0 Å². The molecule has 0 spiro atoms. The molecule has 0 saturated carbocycles. The quantitative estimate of drug-likeness (QED) is 0.588. The minimum Gasteiger partial charge on any atom is -0.466 e. The molecule has 0 aromatic heterocycles. The molecule has 17 heavy (non-hydrogen) atoms. The second kappa shape index (κ2) is 6.24. The van der Waals surface area contributed by atoms with Gasteiger partial charge in [-0.15, -0.1) is 0 Å². The lowest BCUT2D eigenvalue weighted by Gasteiger charge is -2.09. The number of aryl methyl sites for hydroxylation is 2. The van der Waals surface area contributed by atoms with E-state index in [0.29, 0.717) is 0 Å². The zero-order chi connectivity index (χ0) is 12.8. The van der Waals surface area contributed by atoms with Gasteiger partial charge in [0.05, 0.1) is 7.11 Å². The molecule has 1 aromatic carbocycles. The highest BCUT2D eigenvalue weighted by molar-refractivity contribution is 5.82. The zero-order valence-electron chi connectivity index (χ0n) is 11.0. The molecule has 0 N–H and O–H groups in total. The van der Waals surface area contributed by atoms with Crippen molar-refractivity contribution < 1.29 is 9.53 Å². The molecule has 1 aromatic rings. The van der Waals surface area contributed by atoms with Crippen molar-refractivity contribution in [2.45, 2.75) is 33.6 Å². The van der Waals surface area contributed by atoms with E-state index < -0.39 is 0 Å². The third-order valence-electron chi connectivity index (χ3n) is 2.98. The molecule has 0 aliphatic carbocycles. The van der Waals surface area contributed by atoms with Crippen molar-refractivity contribution in [3.05, 3.63) is 46.5 Å². The van der Waals surface area contributed by atoms with Gasteiger partial charge in [0.1, 0.15) is 0 Å².